The van der Waals surface area contributed by atoms with E-state index in [-0.39, 0.29) is 29.5 Å². The maximum atomic E-state index is 12.9. The van der Waals surface area contributed by atoms with E-state index in [1.165, 1.54) is 4.31 Å². The number of nitrogens with one attached hydrogen (secondary N) is 1. The summed E-state index contributed by atoms with van der Waals surface area (Å²) in [6.07, 6.45) is 1.18. The summed E-state index contributed by atoms with van der Waals surface area (Å²) in [7, 11) is -3.72. The molecule has 0 saturated carbocycles. The summed E-state index contributed by atoms with van der Waals surface area (Å²) in [4.78, 5) is 14.5. The van der Waals surface area contributed by atoms with Crippen LogP contribution < -0.4 is 5.32 Å². The second-order valence-corrected chi connectivity index (χ2v) is 9.63. The molecule has 1 atom stereocenters. The minimum absolute atomic E-state index is 0.132. The van der Waals surface area contributed by atoms with Gasteiger partial charge in [-0.1, -0.05) is 15.9 Å². The number of halogens is 1. The van der Waals surface area contributed by atoms with Crippen LogP contribution in [0.2, 0.25) is 0 Å². The summed E-state index contributed by atoms with van der Waals surface area (Å²) in [6.45, 7) is 2.32. The van der Waals surface area contributed by atoms with Crippen LogP contribution in [0.3, 0.4) is 0 Å². The van der Waals surface area contributed by atoms with Crippen LogP contribution in [-0.2, 0) is 19.6 Å². The fourth-order valence-electron chi connectivity index (χ4n) is 3.76. The molecule has 1 aromatic carbocycles. The third-order valence-electron chi connectivity index (χ3n) is 5.15. The van der Waals surface area contributed by atoms with Crippen LogP contribution in [0, 0.1) is 0 Å². The molecule has 25 heavy (non-hydrogen) atoms. The second kappa shape index (κ2) is 6.31. The lowest BCUT2D eigenvalue weighted by molar-refractivity contribution is -0.144. The predicted molar refractivity (Wildman–Crippen MR) is 94.3 cm³/mol. The van der Waals surface area contributed by atoms with Gasteiger partial charge in [-0.25, -0.2) is 8.42 Å². The molecular formula is C16H20BrN3O4S. The van der Waals surface area contributed by atoms with Gasteiger partial charge in [0.25, 0.3) is 0 Å². The third-order valence-corrected chi connectivity index (χ3v) is 7.50. The Hall–Kier alpha value is -1.00. The normalized spacial score (nSPS) is 26.8. The molecule has 3 aliphatic rings. The first-order chi connectivity index (χ1) is 11.9. The lowest BCUT2D eigenvalue weighted by atomic mass is 9.92. The molecule has 136 valence electrons. The average Bonchev–Trinajstić information content (AvgIpc) is 2.94. The van der Waals surface area contributed by atoms with Crippen molar-refractivity contribution in [1.82, 2.24) is 14.5 Å². The topological polar surface area (TPSA) is 79.0 Å². The van der Waals surface area contributed by atoms with Gasteiger partial charge in [0, 0.05) is 4.47 Å². The first-order valence-electron chi connectivity index (χ1n) is 8.33. The molecule has 4 rings (SSSR count). The van der Waals surface area contributed by atoms with Crippen LogP contribution in [0.5, 0.6) is 0 Å². The number of fused-ring (bicyclic) bond motifs is 1. The number of piperazine rings is 1. The first-order valence-corrected chi connectivity index (χ1v) is 10.6. The molecule has 9 heteroatoms. The number of piperidine rings is 1. The molecule has 3 aliphatic heterocycles. The van der Waals surface area contributed by atoms with E-state index in [0.29, 0.717) is 6.54 Å². The van der Waals surface area contributed by atoms with Crippen LogP contribution in [0.4, 0.5) is 0 Å². The van der Waals surface area contributed by atoms with Crippen molar-refractivity contribution in [1.29, 1.82) is 0 Å². The van der Waals surface area contributed by atoms with Gasteiger partial charge in [0.1, 0.15) is 6.23 Å². The number of amides is 1. The van der Waals surface area contributed by atoms with Gasteiger partial charge in [0.15, 0.2) is 0 Å². The monoisotopic (exact) mass is 429 g/mol. The molecule has 0 aromatic heterocycles. The van der Waals surface area contributed by atoms with E-state index in [4.69, 9.17) is 4.74 Å². The summed E-state index contributed by atoms with van der Waals surface area (Å²) < 4.78 is 34.0. The molecule has 7 nitrogen and oxygen atoms in total. The van der Waals surface area contributed by atoms with Gasteiger partial charge in [0.2, 0.25) is 15.9 Å². The van der Waals surface area contributed by atoms with E-state index in [1.807, 2.05) is 0 Å². The van der Waals surface area contributed by atoms with E-state index in [0.717, 1.165) is 30.4 Å². The number of carbonyl (C=O) groups excluding carboxylic acids is 1. The quantitative estimate of drug-likeness (QED) is 0.750. The van der Waals surface area contributed by atoms with Crippen molar-refractivity contribution < 1.29 is 17.9 Å². The maximum absolute atomic E-state index is 12.9. The zero-order valence-electron chi connectivity index (χ0n) is 13.7. The van der Waals surface area contributed by atoms with Gasteiger partial charge in [-0.15, -0.1) is 0 Å². The molecule has 1 aromatic rings. The average molecular weight is 430 g/mol. The van der Waals surface area contributed by atoms with Crippen molar-refractivity contribution in [3.8, 4) is 0 Å². The van der Waals surface area contributed by atoms with E-state index in [1.54, 1.807) is 29.2 Å². The highest BCUT2D eigenvalue weighted by Crippen LogP contribution is 2.36. The summed E-state index contributed by atoms with van der Waals surface area (Å²) in [5, 5.41) is 3.29. The van der Waals surface area contributed by atoms with Gasteiger partial charge < -0.3 is 15.0 Å². The minimum atomic E-state index is -3.72. The fourth-order valence-corrected chi connectivity index (χ4v) is 5.41. The summed E-state index contributed by atoms with van der Waals surface area (Å²) in [5.74, 6) is -0.188. The van der Waals surface area contributed by atoms with E-state index >= 15 is 0 Å². The van der Waals surface area contributed by atoms with E-state index in [9.17, 15) is 13.2 Å². The summed E-state index contributed by atoms with van der Waals surface area (Å²) in [5.41, 5.74) is -0.330. The van der Waals surface area contributed by atoms with Crippen molar-refractivity contribution in [2.45, 2.75) is 29.6 Å². The Morgan fingerprint density at radius 1 is 1.20 bits per heavy atom. The van der Waals surface area contributed by atoms with Gasteiger partial charge in [0.05, 0.1) is 30.1 Å². The maximum Gasteiger partial charge on any atom is 0.243 e. The Morgan fingerprint density at radius 3 is 2.56 bits per heavy atom. The fraction of sp³-hybridized carbons (Fsp3) is 0.562. The number of sulfonamides is 1. The Balaban J connectivity index is 1.56. The molecule has 1 unspecified atom stereocenters. The predicted octanol–water partition coefficient (Wildman–Crippen LogP) is 0.760. The van der Waals surface area contributed by atoms with Crippen molar-refractivity contribution in [3.05, 3.63) is 28.7 Å². The molecule has 0 radical (unpaired) electrons. The number of rotatable bonds is 2. The molecular weight excluding hydrogens is 410 g/mol. The number of hydrogen-bond donors (Lipinski definition) is 1. The molecule has 3 heterocycles. The number of nitrogens with zero attached hydrogens (tertiary/aromatic N) is 2. The third kappa shape index (κ3) is 3.12. The van der Waals surface area contributed by atoms with Crippen LogP contribution in [0.25, 0.3) is 0 Å². The molecule has 1 amide bonds. The van der Waals surface area contributed by atoms with Gasteiger partial charge in [-0.3, -0.25) is 4.79 Å². The van der Waals surface area contributed by atoms with Crippen LogP contribution in [0.1, 0.15) is 12.8 Å². The van der Waals surface area contributed by atoms with Crippen molar-refractivity contribution in [2.75, 3.05) is 32.7 Å². The van der Waals surface area contributed by atoms with Crippen molar-refractivity contribution >= 4 is 31.9 Å². The second-order valence-electron chi connectivity index (χ2n) is 6.78. The van der Waals surface area contributed by atoms with Crippen LogP contribution in [0.15, 0.2) is 33.6 Å². The lowest BCUT2D eigenvalue weighted by Gasteiger charge is -2.35. The molecule has 0 aliphatic carbocycles. The highest BCUT2D eigenvalue weighted by atomic mass is 79.9. The van der Waals surface area contributed by atoms with Gasteiger partial charge >= 0.3 is 0 Å². The van der Waals surface area contributed by atoms with Gasteiger partial charge in [-0.2, -0.15) is 4.31 Å². The molecule has 3 saturated heterocycles. The van der Waals surface area contributed by atoms with Gasteiger partial charge in [-0.05, 0) is 50.2 Å². The van der Waals surface area contributed by atoms with E-state index in [2.05, 4.69) is 21.2 Å². The summed E-state index contributed by atoms with van der Waals surface area (Å²) >= 11 is 3.30. The zero-order valence-corrected chi connectivity index (χ0v) is 16.1. The highest BCUT2D eigenvalue weighted by Gasteiger charge is 2.51. The molecule has 1 N–H and O–H groups in total. The van der Waals surface area contributed by atoms with Crippen LogP contribution in [-0.4, -0.2) is 68.1 Å². The Kier molecular flexibility index (Phi) is 4.40. The largest absolute Gasteiger partial charge is 0.348 e. The van der Waals surface area contributed by atoms with E-state index < -0.39 is 16.3 Å². The molecule has 0 bridgehead atoms. The van der Waals surface area contributed by atoms with Crippen molar-refractivity contribution in [3.63, 3.8) is 0 Å². The number of carbonyl (C=O) groups is 1. The smallest absolute Gasteiger partial charge is 0.243 e. The first kappa shape index (κ1) is 17.4. The minimum Gasteiger partial charge on any atom is -0.348 e. The standard InChI is InChI=1S/C16H20BrN3O4S/c17-12-1-3-13(4-2-12)25(22,23)19-9-14(21)20-11-16(24-15(20)10-19)5-7-18-8-6-16/h1-4,15,18H,5-11H2. The Labute approximate surface area is 155 Å². The number of hydrogen-bond acceptors (Lipinski definition) is 5. The molecule has 1 spiro atoms. The zero-order chi connectivity index (χ0) is 17.7. The summed E-state index contributed by atoms with van der Waals surface area (Å²) in [6, 6.07) is 6.45. The number of ether oxygens (including phenoxy) is 1. The highest BCUT2D eigenvalue weighted by molar-refractivity contribution is 9.10. The van der Waals surface area contributed by atoms with Crippen LogP contribution >= 0.6 is 15.9 Å². The Morgan fingerprint density at radius 2 is 1.88 bits per heavy atom. The SMILES string of the molecule is O=C1CN(S(=O)(=O)c2ccc(Br)cc2)CC2OC3(CCNCC3)CN12. The number of benzene rings is 1. The molecule has 3 fully saturated rings. The Bertz CT molecular complexity index is 777. The lowest BCUT2D eigenvalue weighted by Crippen LogP contribution is -2.55. The van der Waals surface area contributed by atoms with Crippen molar-refractivity contribution in [2.24, 2.45) is 0 Å².